The number of aromatic nitrogens is 2. The number of carbonyl (C=O) groups excluding carboxylic acids is 1. The van der Waals surface area contributed by atoms with Crippen molar-refractivity contribution in [2.24, 2.45) is 5.92 Å². The van der Waals surface area contributed by atoms with Crippen LogP contribution in [0, 0.1) is 5.92 Å². The molecule has 0 bridgehead atoms. The number of hydrogen-bond donors (Lipinski definition) is 2. The number of aliphatic hydroxyl groups is 1. The number of nitrogens with one attached hydrogen (secondary N) is 1. The van der Waals surface area contributed by atoms with Gasteiger partial charge in [0.05, 0.1) is 22.5 Å². The quantitative estimate of drug-likeness (QED) is 0.860. The second kappa shape index (κ2) is 7.24. The molecule has 5 nitrogen and oxygen atoms in total. The van der Waals surface area contributed by atoms with Gasteiger partial charge in [-0.15, -0.1) is 0 Å². The number of carbonyl (C=O) groups is 1. The van der Waals surface area contributed by atoms with Crippen LogP contribution in [0.4, 0.5) is 0 Å². The van der Waals surface area contributed by atoms with Gasteiger partial charge in [0.15, 0.2) is 0 Å². The first-order valence-electron chi connectivity index (χ1n) is 6.80. The van der Waals surface area contributed by atoms with E-state index in [2.05, 4.69) is 10.4 Å². The van der Waals surface area contributed by atoms with Crippen LogP contribution in [0.15, 0.2) is 36.7 Å². The van der Waals surface area contributed by atoms with Crippen molar-refractivity contribution < 1.29 is 9.90 Å². The summed E-state index contributed by atoms with van der Waals surface area (Å²) in [6.07, 6.45) is 3.82. The van der Waals surface area contributed by atoms with Crippen LogP contribution in [0.1, 0.15) is 23.7 Å². The zero-order valence-electron chi connectivity index (χ0n) is 11.8. The lowest BCUT2D eigenvalue weighted by atomic mass is 10.1. The molecule has 1 atom stereocenters. The molecular weight excluding hydrogens is 290 g/mol. The van der Waals surface area contributed by atoms with Crippen LogP contribution in [-0.2, 0) is 0 Å². The van der Waals surface area contributed by atoms with Gasteiger partial charge in [0.25, 0.3) is 5.91 Å². The summed E-state index contributed by atoms with van der Waals surface area (Å²) in [4.78, 5) is 12.0. The van der Waals surface area contributed by atoms with E-state index < -0.39 is 0 Å². The lowest BCUT2D eigenvalue weighted by Crippen LogP contribution is -2.28. The molecule has 0 saturated carbocycles. The van der Waals surface area contributed by atoms with Crippen molar-refractivity contribution in [1.29, 1.82) is 0 Å². The molecule has 2 N–H and O–H groups in total. The van der Waals surface area contributed by atoms with E-state index in [0.717, 1.165) is 5.69 Å². The van der Waals surface area contributed by atoms with Crippen LogP contribution in [-0.4, -0.2) is 33.9 Å². The van der Waals surface area contributed by atoms with Crippen molar-refractivity contribution >= 4 is 17.5 Å². The number of benzene rings is 1. The lowest BCUT2D eigenvalue weighted by molar-refractivity contribution is 0.0945. The van der Waals surface area contributed by atoms with E-state index in [0.29, 0.717) is 23.6 Å². The zero-order valence-corrected chi connectivity index (χ0v) is 12.5. The van der Waals surface area contributed by atoms with E-state index in [4.69, 9.17) is 16.7 Å². The highest BCUT2D eigenvalue weighted by atomic mass is 35.5. The minimum absolute atomic E-state index is 0.126. The Balaban J connectivity index is 2.03. The summed E-state index contributed by atoms with van der Waals surface area (Å²) in [6, 6.07) is 7.31. The predicted molar refractivity (Wildman–Crippen MR) is 81.8 cm³/mol. The fourth-order valence-corrected chi connectivity index (χ4v) is 2.12. The van der Waals surface area contributed by atoms with Gasteiger partial charge in [-0.2, -0.15) is 5.10 Å². The summed E-state index contributed by atoms with van der Waals surface area (Å²) in [5, 5.41) is 16.4. The fourth-order valence-electron chi connectivity index (χ4n) is 1.90. The number of nitrogens with zero attached hydrogens (tertiary/aromatic N) is 2. The maximum Gasteiger partial charge on any atom is 0.254 e. The van der Waals surface area contributed by atoms with Gasteiger partial charge in [-0.1, -0.05) is 30.7 Å². The molecule has 1 amide bonds. The minimum atomic E-state index is -0.182. The molecule has 0 aliphatic heterocycles. The summed E-state index contributed by atoms with van der Waals surface area (Å²) in [5.41, 5.74) is 1.21. The Morgan fingerprint density at radius 1 is 1.48 bits per heavy atom. The number of para-hydroxylation sites is 1. The van der Waals surface area contributed by atoms with E-state index in [9.17, 15) is 4.79 Å². The first-order chi connectivity index (χ1) is 10.1. The number of halogens is 1. The van der Waals surface area contributed by atoms with Crippen molar-refractivity contribution in [1.82, 2.24) is 15.1 Å². The second-order valence-corrected chi connectivity index (χ2v) is 5.36. The van der Waals surface area contributed by atoms with Crippen LogP contribution < -0.4 is 5.32 Å². The minimum Gasteiger partial charge on any atom is -0.396 e. The van der Waals surface area contributed by atoms with E-state index in [1.54, 1.807) is 16.9 Å². The van der Waals surface area contributed by atoms with Crippen LogP contribution in [0.25, 0.3) is 5.69 Å². The Morgan fingerprint density at radius 3 is 2.95 bits per heavy atom. The Labute approximate surface area is 128 Å². The molecule has 0 spiro atoms. The number of aliphatic hydroxyl groups excluding tert-OH is 1. The fraction of sp³-hybridized carbons (Fsp3) is 0.333. The third-order valence-corrected chi connectivity index (χ3v) is 3.50. The number of amides is 1. The summed E-state index contributed by atoms with van der Waals surface area (Å²) < 4.78 is 1.58. The molecule has 1 unspecified atom stereocenters. The highest BCUT2D eigenvalue weighted by molar-refractivity contribution is 6.32. The van der Waals surface area contributed by atoms with Crippen molar-refractivity contribution in [2.45, 2.75) is 13.3 Å². The van der Waals surface area contributed by atoms with Crippen LogP contribution in [0.5, 0.6) is 0 Å². The molecule has 21 heavy (non-hydrogen) atoms. The highest BCUT2D eigenvalue weighted by Gasteiger charge is 2.11. The van der Waals surface area contributed by atoms with Crippen molar-refractivity contribution in [3.8, 4) is 5.69 Å². The van der Waals surface area contributed by atoms with Gasteiger partial charge in [0.2, 0.25) is 0 Å². The molecule has 0 aliphatic carbocycles. The molecule has 0 aliphatic rings. The molecule has 2 aromatic rings. The average molecular weight is 308 g/mol. The SMILES string of the molecule is CC(CCO)CNC(=O)c1cnn(-c2ccccc2Cl)c1. The predicted octanol–water partition coefficient (Wildman–Crippen LogP) is 2.27. The monoisotopic (exact) mass is 307 g/mol. The molecule has 0 radical (unpaired) electrons. The highest BCUT2D eigenvalue weighted by Crippen LogP contribution is 2.19. The van der Waals surface area contributed by atoms with Crippen molar-refractivity contribution in [2.75, 3.05) is 13.2 Å². The Hall–Kier alpha value is -1.85. The van der Waals surface area contributed by atoms with Crippen LogP contribution >= 0.6 is 11.6 Å². The number of rotatable bonds is 6. The third-order valence-electron chi connectivity index (χ3n) is 3.18. The largest absolute Gasteiger partial charge is 0.396 e. The van der Waals surface area contributed by atoms with Crippen LogP contribution in [0.2, 0.25) is 5.02 Å². The summed E-state index contributed by atoms with van der Waals surface area (Å²) in [7, 11) is 0. The van der Waals surface area contributed by atoms with E-state index in [1.807, 2.05) is 25.1 Å². The molecule has 1 heterocycles. The smallest absolute Gasteiger partial charge is 0.254 e. The van der Waals surface area contributed by atoms with Crippen molar-refractivity contribution in [3.63, 3.8) is 0 Å². The summed E-state index contributed by atoms with van der Waals surface area (Å²) >= 11 is 6.10. The molecule has 1 aromatic heterocycles. The van der Waals surface area contributed by atoms with E-state index >= 15 is 0 Å². The Morgan fingerprint density at radius 2 is 2.24 bits per heavy atom. The van der Waals surface area contributed by atoms with Gasteiger partial charge in [-0.05, 0) is 24.5 Å². The lowest BCUT2D eigenvalue weighted by Gasteiger charge is -2.10. The number of hydrogen-bond acceptors (Lipinski definition) is 3. The second-order valence-electron chi connectivity index (χ2n) is 4.95. The maximum atomic E-state index is 12.0. The van der Waals surface area contributed by atoms with Gasteiger partial charge >= 0.3 is 0 Å². The molecule has 6 heteroatoms. The van der Waals surface area contributed by atoms with Gasteiger partial charge in [-0.25, -0.2) is 4.68 Å². The molecule has 112 valence electrons. The first kappa shape index (κ1) is 15.5. The van der Waals surface area contributed by atoms with Gasteiger partial charge in [0.1, 0.15) is 0 Å². The normalized spacial score (nSPS) is 12.1. The average Bonchev–Trinajstić information content (AvgIpc) is 2.95. The third kappa shape index (κ3) is 4.06. The van der Waals surface area contributed by atoms with Gasteiger partial charge in [-0.3, -0.25) is 4.79 Å². The summed E-state index contributed by atoms with van der Waals surface area (Å²) in [5.74, 6) is 0.0515. The molecule has 1 aromatic carbocycles. The van der Waals surface area contributed by atoms with E-state index in [1.165, 1.54) is 6.20 Å². The zero-order chi connectivity index (χ0) is 15.2. The molecular formula is C15H18ClN3O2. The Kier molecular flexibility index (Phi) is 5.36. The Bertz CT molecular complexity index is 612. The van der Waals surface area contributed by atoms with Crippen molar-refractivity contribution in [3.05, 3.63) is 47.2 Å². The topological polar surface area (TPSA) is 67.2 Å². The maximum absolute atomic E-state index is 12.0. The van der Waals surface area contributed by atoms with Gasteiger partial charge in [0, 0.05) is 19.3 Å². The molecule has 2 rings (SSSR count). The van der Waals surface area contributed by atoms with Gasteiger partial charge < -0.3 is 10.4 Å². The molecule has 0 fully saturated rings. The standard InChI is InChI=1S/C15H18ClN3O2/c1-11(6-7-20)8-17-15(21)12-9-18-19(10-12)14-5-3-2-4-13(14)16/h2-5,9-11,20H,6-8H2,1H3,(H,17,21). The van der Waals surface area contributed by atoms with E-state index in [-0.39, 0.29) is 18.4 Å². The first-order valence-corrected chi connectivity index (χ1v) is 7.18. The molecule has 0 saturated heterocycles. The van der Waals surface area contributed by atoms with Crippen LogP contribution in [0.3, 0.4) is 0 Å². The summed E-state index contributed by atoms with van der Waals surface area (Å²) in [6.45, 7) is 2.63.